The van der Waals surface area contributed by atoms with Gasteiger partial charge in [-0.2, -0.15) is 0 Å². The van der Waals surface area contributed by atoms with Gasteiger partial charge in [-0.1, -0.05) is 76.9 Å². The van der Waals surface area contributed by atoms with Gasteiger partial charge in [-0.05, 0) is 44.3 Å². The number of carbonyl (C=O) groups excluding carboxylic acids is 1. The van der Waals surface area contributed by atoms with Gasteiger partial charge in [0.25, 0.3) is 0 Å². The van der Waals surface area contributed by atoms with Crippen LogP contribution in [0.3, 0.4) is 0 Å². The monoisotopic (exact) mass is 364 g/mol. The lowest BCUT2D eigenvalue weighted by Gasteiger charge is -2.33. The molecule has 0 saturated carbocycles. The third-order valence-electron chi connectivity index (χ3n) is 5.37. The van der Waals surface area contributed by atoms with Crippen LogP contribution in [0.1, 0.15) is 103 Å². The zero-order chi connectivity index (χ0) is 19.1. The number of hydrogen-bond donors (Lipinski definition) is 2. The molecule has 0 bridgehead atoms. The summed E-state index contributed by atoms with van der Waals surface area (Å²) in [5.41, 5.74) is -1.24. The minimum Gasteiger partial charge on any atom is -0.386 e. The van der Waals surface area contributed by atoms with Gasteiger partial charge in [0.15, 0.2) is 5.78 Å². The molecule has 3 heteroatoms. The quantitative estimate of drug-likeness (QED) is 0.292. The van der Waals surface area contributed by atoms with Gasteiger partial charge in [-0.15, -0.1) is 0 Å². The molecule has 0 aromatic heterocycles. The van der Waals surface area contributed by atoms with Crippen molar-refractivity contribution in [2.45, 2.75) is 115 Å². The second-order valence-electron chi connectivity index (χ2n) is 7.88. The number of ketones is 1. The van der Waals surface area contributed by atoms with Crippen LogP contribution in [0.5, 0.6) is 0 Å². The summed E-state index contributed by atoms with van der Waals surface area (Å²) in [6.45, 7) is 2.26. The Morgan fingerprint density at radius 1 is 0.962 bits per heavy atom. The van der Waals surface area contributed by atoms with E-state index >= 15 is 0 Å². The molecular formula is C23H40O3. The fraction of sp³-hybridized carbons (Fsp3) is 0.783. The first kappa shape index (κ1) is 23.1. The molecule has 0 amide bonds. The number of aliphatic hydroxyl groups is 2. The minimum atomic E-state index is -1.24. The van der Waals surface area contributed by atoms with Gasteiger partial charge in [-0.3, -0.25) is 4.79 Å². The van der Waals surface area contributed by atoms with Crippen molar-refractivity contribution in [2.24, 2.45) is 0 Å². The van der Waals surface area contributed by atoms with Crippen LogP contribution in [0.4, 0.5) is 0 Å². The van der Waals surface area contributed by atoms with Gasteiger partial charge in [0.1, 0.15) is 11.7 Å². The van der Waals surface area contributed by atoms with Gasteiger partial charge in [0.2, 0.25) is 0 Å². The van der Waals surface area contributed by atoms with E-state index in [4.69, 9.17) is 0 Å². The lowest BCUT2D eigenvalue weighted by Crippen LogP contribution is -2.45. The van der Waals surface area contributed by atoms with E-state index in [1.165, 1.54) is 69.9 Å². The van der Waals surface area contributed by atoms with Crippen molar-refractivity contribution < 1.29 is 15.0 Å². The zero-order valence-electron chi connectivity index (χ0n) is 16.8. The van der Waals surface area contributed by atoms with Crippen LogP contribution in [-0.2, 0) is 4.79 Å². The third kappa shape index (κ3) is 10.3. The summed E-state index contributed by atoms with van der Waals surface area (Å²) in [4.78, 5) is 11.4. The van der Waals surface area contributed by atoms with E-state index in [9.17, 15) is 15.0 Å². The maximum atomic E-state index is 11.4. The van der Waals surface area contributed by atoms with Crippen LogP contribution < -0.4 is 0 Å². The van der Waals surface area contributed by atoms with Crippen molar-refractivity contribution in [3.63, 3.8) is 0 Å². The van der Waals surface area contributed by atoms with Crippen LogP contribution in [0.15, 0.2) is 24.3 Å². The summed E-state index contributed by atoms with van der Waals surface area (Å²) in [5.74, 6) is -0.0921. The molecule has 0 aliphatic heterocycles. The number of carbonyl (C=O) groups is 1. The molecule has 0 aromatic rings. The van der Waals surface area contributed by atoms with E-state index in [0.717, 1.165) is 25.7 Å². The topological polar surface area (TPSA) is 57.5 Å². The molecule has 1 rings (SSSR count). The minimum absolute atomic E-state index is 0.0497. The van der Waals surface area contributed by atoms with Crippen molar-refractivity contribution in [1.29, 1.82) is 0 Å². The molecule has 0 radical (unpaired) electrons. The largest absolute Gasteiger partial charge is 0.386 e. The zero-order valence-corrected chi connectivity index (χ0v) is 16.8. The Labute approximate surface area is 160 Å². The molecule has 0 fully saturated rings. The molecule has 0 spiro atoms. The van der Waals surface area contributed by atoms with Crippen molar-refractivity contribution in [3.05, 3.63) is 24.3 Å². The summed E-state index contributed by atoms with van der Waals surface area (Å²) < 4.78 is 0. The average Bonchev–Trinajstić information content (AvgIpc) is 2.62. The molecule has 0 saturated heterocycles. The van der Waals surface area contributed by atoms with Crippen molar-refractivity contribution in [1.82, 2.24) is 0 Å². The number of aliphatic hydroxyl groups excluding tert-OH is 1. The van der Waals surface area contributed by atoms with E-state index in [0.29, 0.717) is 6.42 Å². The molecular weight excluding hydrogens is 324 g/mol. The maximum absolute atomic E-state index is 11.4. The van der Waals surface area contributed by atoms with E-state index in [1.807, 2.05) is 0 Å². The first-order valence-electron chi connectivity index (χ1n) is 10.8. The second-order valence-corrected chi connectivity index (χ2v) is 7.88. The molecule has 0 heterocycles. The SMILES string of the molecule is CCCCCCCC/C=C\CCCCCCC[C@]1(O)CC(=O)C=C[C@H]1O. The first-order valence-corrected chi connectivity index (χ1v) is 10.8. The summed E-state index contributed by atoms with van der Waals surface area (Å²) in [7, 11) is 0. The highest BCUT2D eigenvalue weighted by Crippen LogP contribution is 2.28. The van der Waals surface area contributed by atoms with E-state index in [2.05, 4.69) is 19.1 Å². The van der Waals surface area contributed by atoms with Crippen LogP contribution in [0, 0.1) is 0 Å². The van der Waals surface area contributed by atoms with E-state index in [1.54, 1.807) is 0 Å². The van der Waals surface area contributed by atoms with Gasteiger partial charge in [-0.25, -0.2) is 0 Å². The molecule has 150 valence electrons. The normalized spacial score (nSPS) is 23.2. The Morgan fingerprint density at radius 2 is 1.50 bits per heavy atom. The molecule has 0 unspecified atom stereocenters. The summed E-state index contributed by atoms with van der Waals surface area (Å²) in [6, 6.07) is 0. The Morgan fingerprint density at radius 3 is 2.12 bits per heavy atom. The van der Waals surface area contributed by atoms with E-state index in [-0.39, 0.29) is 12.2 Å². The Balaban J connectivity index is 1.91. The van der Waals surface area contributed by atoms with Crippen molar-refractivity contribution in [3.8, 4) is 0 Å². The Kier molecular flexibility index (Phi) is 12.6. The first-order chi connectivity index (χ1) is 12.6. The third-order valence-corrected chi connectivity index (χ3v) is 5.37. The molecule has 2 N–H and O–H groups in total. The molecule has 3 nitrogen and oxygen atoms in total. The number of hydrogen-bond acceptors (Lipinski definition) is 3. The lowest BCUT2D eigenvalue weighted by molar-refractivity contribution is -0.127. The predicted molar refractivity (Wildman–Crippen MR) is 109 cm³/mol. The molecule has 0 aromatic carbocycles. The van der Waals surface area contributed by atoms with Gasteiger partial charge < -0.3 is 10.2 Å². The maximum Gasteiger partial charge on any atom is 0.158 e. The summed E-state index contributed by atoms with van der Waals surface area (Å²) >= 11 is 0. The number of rotatable bonds is 15. The van der Waals surface area contributed by atoms with Crippen molar-refractivity contribution >= 4 is 5.78 Å². The van der Waals surface area contributed by atoms with Crippen LogP contribution in [-0.4, -0.2) is 27.7 Å². The predicted octanol–water partition coefficient (Wildman–Crippen LogP) is 5.64. The second kappa shape index (κ2) is 14.2. The standard InChI is InChI=1S/C23H40O3/c1-2-3-4-5-6-7-8-9-10-11-12-13-14-15-16-19-23(26)20-21(24)17-18-22(23)25/h9-10,17-18,22,25-26H,2-8,11-16,19-20H2,1H3/b10-9-/t22-,23+/m1/s1. The molecule has 1 aliphatic carbocycles. The van der Waals surface area contributed by atoms with E-state index < -0.39 is 11.7 Å². The highest BCUT2D eigenvalue weighted by Gasteiger charge is 2.37. The van der Waals surface area contributed by atoms with Gasteiger partial charge >= 0.3 is 0 Å². The molecule has 1 aliphatic rings. The smallest absolute Gasteiger partial charge is 0.158 e. The van der Waals surface area contributed by atoms with Crippen LogP contribution in [0.25, 0.3) is 0 Å². The van der Waals surface area contributed by atoms with Gasteiger partial charge in [0, 0.05) is 6.42 Å². The molecule has 26 heavy (non-hydrogen) atoms. The number of allylic oxidation sites excluding steroid dienone is 3. The fourth-order valence-electron chi connectivity index (χ4n) is 3.58. The van der Waals surface area contributed by atoms with Crippen LogP contribution >= 0.6 is 0 Å². The Bertz CT molecular complexity index is 427. The van der Waals surface area contributed by atoms with Crippen LogP contribution in [0.2, 0.25) is 0 Å². The Hall–Kier alpha value is -0.930. The number of unbranched alkanes of at least 4 members (excludes halogenated alkanes) is 11. The molecule has 2 atom stereocenters. The van der Waals surface area contributed by atoms with Crippen molar-refractivity contribution in [2.75, 3.05) is 0 Å². The highest BCUT2D eigenvalue weighted by molar-refractivity contribution is 5.91. The van der Waals surface area contributed by atoms with Gasteiger partial charge in [0.05, 0.1) is 0 Å². The highest BCUT2D eigenvalue weighted by atomic mass is 16.3. The lowest BCUT2D eigenvalue weighted by atomic mass is 9.82. The summed E-state index contributed by atoms with van der Waals surface area (Å²) in [5, 5.41) is 20.2. The average molecular weight is 365 g/mol. The summed E-state index contributed by atoms with van der Waals surface area (Å²) in [6.07, 6.45) is 23.2. The fourth-order valence-corrected chi connectivity index (χ4v) is 3.58.